The quantitative estimate of drug-likeness (QED) is 0.638. The molecule has 2 aromatic rings. The van der Waals surface area contributed by atoms with Crippen LogP contribution < -0.4 is 9.47 Å². The highest BCUT2D eigenvalue weighted by molar-refractivity contribution is 5.91. The summed E-state index contributed by atoms with van der Waals surface area (Å²) in [5.41, 5.74) is 5.68. The number of fused-ring (bicyclic) bond motifs is 1. The summed E-state index contributed by atoms with van der Waals surface area (Å²) in [6.07, 6.45) is 3.78. The van der Waals surface area contributed by atoms with E-state index in [9.17, 15) is 4.79 Å². The molecule has 0 unspecified atom stereocenters. The summed E-state index contributed by atoms with van der Waals surface area (Å²) in [4.78, 5) is 14.8. The average molecular weight is 321 g/mol. The summed E-state index contributed by atoms with van der Waals surface area (Å²) in [7, 11) is 2.04. The van der Waals surface area contributed by atoms with Gasteiger partial charge in [0, 0.05) is 48.5 Å². The Labute approximate surface area is 144 Å². The minimum Gasteiger partial charge on any atom is -0.347 e. The number of rotatable bonds is 3. The smallest absolute Gasteiger partial charge is 0.222 e. The van der Waals surface area contributed by atoms with Crippen LogP contribution in [0.2, 0.25) is 0 Å². The number of aryl methyl sites for hydroxylation is 1. The third-order valence-electron chi connectivity index (χ3n) is 5.18. The van der Waals surface area contributed by atoms with Crippen LogP contribution in [-0.4, -0.2) is 12.8 Å². The van der Waals surface area contributed by atoms with Gasteiger partial charge in [-0.2, -0.15) is 4.57 Å². The predicted octanol–water partition coefficient (Wildman–Crippen LogP) is 3.47. The Morgan fingerprint density at radius 1 is 1.17 bits per heavy atom. The van der Waals surface area contributed by atoms with Crippen molar-refractivity contribution in [2.75, 3.05) is 11.9 Å². The van der Waals surface area contributed by atoms with Gasteiger partial charge in [0.25, 0.3) is 0 Å². The molecule has 0 saturated carbocycles. The maximum absolute atomic E-state index is 12.7. The van der Waals surface area contributed by atoms with Crippen molar-refractivity contribution in [1.29, 1.82) is 0 Å². The van der Waals surface area contributed by atoms with Crippen LogP contribution in [0, 0.1) is 13.8 Å². The largest absolute Gasteiger partial charge is 0.347 e. The molecule has 2 heterocycles. The number of hydrogen-bond donors (Lipinski definition) is 0. The molecule has 0 saturated heterocycles. The Kier molecular flexibility index (Phi) is 4.04. The van der Waals surface area contributed by atoms with Crippen molar-refractivity contribution < 1.29 is 9.36 Å². The minimum absolute atomic E-state index is 0.122. The van der Waals surface area contributed by atoms with E-state index in [2.05, 4.69) is 56.9 Å². The zero-order chi connectivity index (χ0) is 17.5. The molecule has 24 heavy (non-hydrogen) atoms. The van der Waals surface area contributed by atoms with Gasteiger partial charge in [0.15, 0.2) is 11.9 Å². The monoisotopic (exact) mass is 321 g/mol. The first kappa shape index (κ1) is 16.4. The van der Waals surface area contributed by atoms with Crippen molar-refractivity contribution in [2.45, 2.75) is 39.7 Å². The highest BCUT2D eigenvalue weighted by Gasteiger charge is 2.38. The zero-order valence-electron chi connectivity index (χ0n) is 15.1. The Morgan fingerprint density at radius 2 is 1.88 bits per heavy atom. The molecular formula is C21H25N2O+. The van der Waals surface area contributed by atoms with E-state index in [0.29, 0.717) is 6.54 Å². The zero-order valence-corrected chi connectivity index (χ0v) is 15.1. The highest BCUT2D eigenvalue weighted by atomic mass is 16.1. The number of para-hydroxylation sites is 1. The number of carbonyl (C=O) groups is 1. The van der Waals surface area contributed by atoms with E-state index in [1.165, 1.54) is 16.8 Å². The summed E-state index contributed by atoms with van der Waals surface area (Å²) in [6, 6.07) is 12.4. The van der Waals surface area contributed by atoms with E-state index >= 15 is 0 Å². The van der Waals surface area contributed by atoms with Crippen molar-refractivity contribution in [3.8, 4) is 0 Å². The van der Waals surface area contributed by atoms with Gasteiger partial charge in [0.1, 0.15) is 0 Å². The number of allylic oxidation sites excluding steroid dienone is 2. The maximum atomic E-state index is 12.7. The van der Waals surface area contributed by atoms with Crippen LogP contribution in [0.3, 0.4) is 0 Å². The van der Waals surface area contributed by atoms with Crippen LogP contribution in [0.5, 0.6) is 0 Å². The van der Waals surface area contributed by atoms with Gasteiger partial charge in [0.05, 0.1) is 0 Å². The molecule has 124 valence electrons. The van der Waals surface area contributed by atoms with E-state index in [1.54, 1.807) is 0 Å². The number of benzene rings is 1. The molecule has 0 atom stereocenters. The number of nitrogens with zero attached hydrogens (tertiary/aromatic N) is 2. The third kappa shape index (κ3) is 2.64. The summed E-state index contributed by atoms with van der Waals surface area (Å²) in [5.74, 6) is 0.122. The third-order valence-corrected chi connectivity index (χ3v) is 5.18. The Morgan fingerprint density at radius 3 is 2.58 bits per heavy atom. The second-order valence-corrected chi connectivity index (χ2v) is 7.10. The molecule has 1 aliphatic rings. The van der Waals surface area contributed by atoms with Crippen LogP contribution in [-0.2, 0) is 16.8 Å². The van der Waals surface area contributed by atoms with Crippen molar-refractivity contribution in [3.63, 3.8) is 0 Å². The number of likely N-dealkylation sites (N-methyl/N-ethyl adjacent to an activating group) is 1. The number of carbonyl (C=O) groups excluding carboxylic acids is 1. The second kappa shape index (κ2) is 5.90. The lowest BCUT2D eigenvalue weighted by Gasteiger charge is -2.23. The fourth-order valence-electron chi connectivity index (χ4n) is 3.55. The molecule has 1 aliphatic heterocycles. The van der Waals surface area contributed by atoms with E-state index in [0.717, 1.165) is 11.4 Å². The minimum atomic E-state index is -0.159. The molecule has 0 fully saturated rings. The van der Waals surface area contributed by atoms with E-state index in [1.807, 2.05) is 36.0 Å². The lowest BCUT2D eigenvalue weighted by molar-refractivity contribution is -0.690. The van der Waals surface area contributed by atoms with Gasteiger partial charge in [-0.3, -0.25) is 4.79 Å². The summed E-state index contributed by atoms with van der Waals surface area (Å²) in [5, 5.41) is 0. The first-order chi connectivity index (χ1) is 11.3. The van der Waals surface area contributed by atoms with Gasteiger partial charge in [-0.25, -0.2) is 0 Å². The number of ketones is 1. The molecule has 0 N–H and O–H groups in total. The van der Waals surface area contributed by atoms with Gasteiger partial charge in [0.2, 0.25) is 12.3 Å². The normalized spacial score (nSPS) is 17.2. The molecular weight excluding hydrogens is 296 g/mol. The van der Waals surface area contributed by atoms with Gasteiger partial charge in [-0.05, 0) is 24.6 Å². The van der Waals surface area contributed by atoms with Gasteiger partial charge < -0.3 is 4.90 Å². The highest BCUT2D eigenvalue weighted by Crippen LogP contribution is 2.46. The molecule has 0 radical (unpaired) electrons. The molecule has 1 aromatic carbocycles. The predicted molar refractivity (Wildman–Crippen MR) is 97.1 cm³/mol. The van der Waals surface area contributed by atoms with Crippen molar-refractivity contribution >= 4 is 11.5 Å². The first-order valence-electron chi connectivity index (χ1n) is 8.36. The summed E-state index contributed by atoms with van der Waals surface area (Å²) >= 11 is 0. The van der Waals surface area contributed by atoms with Crippen molar-refractivity contribution in [1.82, 2.24) is 0 Å². The Bertz CT molecular complexity index is 833. The average Bonchev–Trinajstić information content (AvgIpc) is 2.73. The number of anilines is 1. The molecule has 0 aliphatic carbocycles. The van der Waals surface area contributed by atoms with E-state index in [4.69, 9.17) is 0 Å². The van der Waals surface area contributed by atoms with Crippen molar-refractivity contribution in [2.24, 2.45) is 0 Å². The molecule has 0 spiro atoms. The topological polar surface area (TPSA) is 24.2 Å². The molecule has 0 amide bonds. The van der Waals surface area contributed by atoms with Gasteiger partial charge in [-0.15, -0.1) is 0 Å². The molecule has 3 heteroatoms. The fraction of sp³-hybridized carbons (Fsp3) is 0.333. The first-order valence-corrected chi connectivity index (χ1v) is 8.36. The summed E-state index contributed by atoms with van der Waals surface area (Å²) < 4.78 is 2.02. The van der Waals surface area contributed by atoms with Crippen LogP contribution in [0.15, 0.2) is 54.4 Å². The number of pyridine rings is 1. The lowest BCUT2D eigenvalue weighted by Crippen LogP contribution is -2.41. The van der Waals surface area contributed by atoms with Gasteiger partial charge in [-0.1, -0.05) is 32.0 Å². The van der Waals surface area contributed by atoms with E-state index in [-0.39, 0.29) is 11.2 Å². The van der Waals surface area contributed by atoms with Crippen LogP contribution in [0.25, 0.3) is 0 Å². The molecule has 3 rings (SSSR count). The van der Waals surface area contributed by atoms with Crippen LogP contribution >= 0.6 is 0 Å². The number of hydrogen-bond acceptors (Lipinski definition) is 2. The standard InChI is InChI=1S/C21H25N2O/c1-15-9-8-12-23(16(15)2)14-17(24)13-20-21(3,4)18-10-6-7-11-19(18)22(20)5/h6-13H,14H2,1-5H3/q+1. The summed E-state index contributed by atoms with van der Waals surface area (Å²) in [6.45, 7) is 8.85. The number of aromatic nitrogens is 1. The molecule has 0 bridgehead atoms. The molecule has 1 aromatic heterocycles. The van der Waals surface area contributed by atoms with Gasteiger partial charge >= 0.3 is 0 Å². The van der Waals surface area contributed by atoms with Crippen molar-refractivity contribution in [3.05, 3.63) is 71.2 Å². The Balaban J connectivity index is 1.92. The molecule has 3 nitrogen and oxygen atoms in total. The van der Waals surface area contributed by atoms with Crippen LogP contribution in [0.4, 0.5) is 5.69 Å². The second-order valence-electron chi connectivity index (χ2n) is 7.10. The maximum Gasteiger partial charge on any atom is 0.222 e. The lowest BCUT2D eigenvalue weighted by atomic mass is 9.83. The SMILES string of the molecule is Cc1ccc[n+](CC(=O)C=C2N(C)c3ccccc3C2(C)C)c1C. The van der Waals surface area contributed by atoms with E-state index < -0.39 is 0 Å². The Hall–Kier alpha value is -2.42. The van der Waals surface area contributed by atoms with Crippen LogP contribution in [0.1, 0.15) is 30.7 Å². The fourth-order valence-corrected chi connectivity index (χ4v) is 3.55.